The van der Waals surface area contributed by atoms with Gasteiger partial charge in [-0.1, -0.05) is 6.92 Å². The van der Waals surface area contributed by atoms with E-state index in [4.69, 9.17) is 9.47 Å². The van der Waals surface area contributed by atoms with Crippen LogP contribution in [0, 0.1) is 0 Å². The Bertz CT molecular complexity index is 202. The molecule has 1 unspecified atom stereocenters. The third-order valence-corrected chi connectivity index (χ3v) is 3.74. The minimum Gasteiger partial charge on any atom is -0.382 e. The number of nitrogens with one attached hydrogen (secondary N) is 1. The summed E-state index contributed by atoms with van der Waals surface area (Å²) >= 11 is 0. The van der Waals surface area contributed by atoms with E-state index in [1.807, 2.05) is 0 Å². The molecule has 1 rings (SSSR count). The van der Waals surface area contributed by atoms with Crippen LogP contribution < -0.4 is 5.32 Å². The normalized spacial score (nSPS) is 26.3. The molecule has 0 saturated carbocycles. The van der Waals surface area contributed by atoms with Crippen molar-refractivity contribution < 1.29 is 9.47 Å². The highest BCUT2D eigenvalue weighted by Crippen LogP contribution is 2.20. The van der Waals surface area contributed by atoms with Crippen LogP contribution in [0.4, 0.5) is 0 Å². The van der Waals surface area contributed by atoms with Crippen LogP contribution in [0.15, 0.2) is 0 Å². The number of nitrogens with zero attached hydrogens (tertiary/aromatic N) is 1. The second kappa shape index (κ2) is 8.03. The summed E-state index contributed by atoms with van der Waals surface area (Å²) in [6.07, 6.45) is 2.31. The smallest absolute Gasteiger partial charge is 0.0700 e. The van der Waals surface area contributed by atoms with Crippen LogP contribution in [0.5, 0.6) is 0 Å². The number of hydrogen-bond donors (Lipinski definition) is 1. The van der Waals surface area contributed by atoms with Gasteiger partial charge in [0.1, 0.15) is 0 Å². The van der Waals surface area contributed by atoms with Crippen molar-refractivity contribution in [1.82, 2.24) is 10.2 Å². The van der Waals surface area contributed by atoms with Crippen LogP contribution in [-0.4, -0.2) is 63.5 Å². The number of rotatable bonds is 8. The molecule has 1 fully saturated rings. The Kier molecular flexibility index (Phi) is 7.04. The minimum absolute atomic E-state index is 0.324. The summed E-state index contributed by atoms with van der Waals surface area (Å²) in [6, 6.07) is 0. The maximum Gasteiger partial charge on any atom is 0.0700 e. The molecule has 0 aliphatic carbocycles. The molecule has 0 radical (unpaired) electrons. The van der Waals surface area contributed by atoms with Crippen LogP contribution >= 0.6 is 0 Å². The lowest BCUT2D eigenvalue weighted by atomic mass is 9.94. The maximum absolute atomic E-state index is 5.50. The zero-order valence-electron chi connectivity index (χ0n) is 11.6. The SMILES string of the molecule is CCC1(C)CNCCN1CCCOCCOC. The van der Waals surface area contributed by atoms with E-state index in [0.29, 0.717) is 18.8 Å². The molecule has 1 N–H and O–H groups in total. The van der Waals surface area contributed by atoms with Gasteiger partial charge in [0, 0.05) is 45.4 Å². The van der Waals surface area contributed by atoms with Gasteiger partial charge in [0.05, 0.1) is 13.2 Å². The second-order valence-electron chi connectivity index (χ2n) is 4.97. The summed E-state index contributed by atoms with van der Waals surface area (Å²) in [5.41, 5.74) is 0.324. The first-order valence-corrected chi connectivity index (χ1v) is 6.75. The van der Waals surface area contributed by atoms with Gasteiger partial charge in [-0.25, -0.2) is 0 Å². The van der Waals surface area contributed by atoms with Gasteiger partial charge < -0.3 is 14.8 Å². The van der Waals surface area contributed by atoms with Gasteiger partial charge in [0.25, 0.3) is 0 Å². The molecule has 4 heteroatoms. The first kappa shape index (κ1) is 14.9. The van der Waals surface area contributed by atoms with Crippen LogP contribution in [0.25, 0.3) is 0 Å². The molecule has 1 heterocycles. The van der Waals surface area contributed by atoms with Crippen molar-refractivity contribution in [2.75, 3.05) is 53.1 Å². The van der Waals surface area contributed by atoms with Crippen molar-refractivity contribution in [3.63, 3.8) is 0 Å². The van der Waals surface area contributed by atoms with Crippen molar-refractivity contribution in [2.24, 2.45) is 0 Å². The fourth-order valence-corrected chi connectivity index (χ4v) is 2.29. The fraction of sp³-hybridized carbons (Fsp3) is 1.00. The first-order valence-electron chi connectivity index (χ1n) is 6.75. The van der Waals surface area contributed by atoms with Crippen LogP contribution in [0.1, 0.15) is 26.7 Å². The highest BCUT2D eigenvalue weighted by Gasteiger charge is 2.31. The Morgan fingerprint density at radius 1 is 1.29 bits per heavy atom. The van der Waals surface area contributed by atoms with Crippen molar-refractivity contribution >= 4 is 0 Å². The molecule has 1 atom stereocenters. The van der Waals surface area contributed by atoms with Crippen molar-refractivity contribution in [1.29, 1.82) is 0 Å². The molecule has 1 aliphatic rings. The van der Waals surface area contributed by atoms with Crippen molar-refractivity contribution in [3.8, 4) is 0 Å². The number of hydrogen-bond acceptors (Lipinski definition) is 4. The van der Waals surface area contributed by atoms with Gasteiger partial charge in [-0.3, -0.25) is 4.90 Å². The Labute approximate surface area is 106 Å². The third kappa shape index (κ3) is 4.92. The highest BCUT2D eigenvalue weighted by molar-refractivity contribution is 4.90. The second-order valence-corrected chi connectivity index (χ2v) is 4.97. The molecule has 1 saturated heterocycles. The number of piperazine rings is 1. The average molecular weight is 244 g/mol. The predicted octanol–water partition coefficient (Wildman–Crippen LogP) is 1.11. The van der Waals surface area contributed by atoms with Crippen molar-refractivity contribution in [3.05, 3.63) is 0 Å². The maximum atomic E-state index is 5.50. The molecule has 4 nitrogen and oxygen atoms in total. The van der Waals surface area contributed by atoms with E-state index in [9.17, 15) is 0 Å². The van der Waals surface area contributed by atoms with E-state index in [2.05, 4.69) is 24.1 Å². The number of ether oxygens (including phenoxy) is 2. The topological polar surface area (TPSA) is 33.7 Å². The zero-order valence-corrected chi connectivity index (χ0v) is 11.6. The van der Waals surface area contributed by atoms with E-state index in [-0.39, 0.29) is 0 Å². The summed E-state index contributed by atoms with van der Waals surface area (Å²) in [5, 5.41) is 3.49. The molecular formula is C13H28N2O2. The largest absolute Gasteiger partial charge is 0.382 e. The van der Waals surface area contributed by atoms with E-state index in [0.717, 1.165) is 39.2 Å². The average Bonchev–Trinajstić information content (AvgIpc) is 2.36. The monoisotopic (exact) mass is 244 g/mol. The quantitative estimate of drug-likeness (QED) is 0.649. The van der Waals surface area contributed by atoms with Gasteiger partial charge in [-0.05, 0) is 19.8 Å². The molecule has 0 bridgehead atoms. The molecule has 0 aromatic rings. The van der Waals surface area contributed by atoms with Crippen LogP contribution in [0.3, 0.4) is 0 Å². The molecule has 1 aliphatic heterocycles. The summed E-state index contributed by atoms with van der Waals surface area (Å²) < 4.78 is 10.4. The Morgan fingerprint density at radius 2 is 2.12 bits per heavy atom. The predicted molar refractivity (Wildman–Crippen MR) is 70.5 cm³/mol. The van der Waals surface area contributed by atoms with E-state index in [1.165, 1.54) is 6.42 Å². The van der Waals surface area contributed by atoms with Gasteiger partial charge in [0.15, 0.2) is 0 Å². The minimum atomic E-state index is 0.324. The highest BCUT2D eigenvalue weighted by atomic mass is 16.5. The summed E-state index contributed by atoms with van der Waals surface area (Å²) in [6.45, 7) is 11.4. The lowest BCUT2D eigenvalue weighted by Gasteiger charge is -2.45. The lowest BCUT2D eigenvalue weighted by Crippen LogP contribution is -2.59. The van der Waals surface area contributed by atoms with Crippen LogP contribution in [-0.2, 0) is 9.47 Å². The molecule has 0 aromatic heterocycles. The Hall–Kier alpha value is -0.160. The number of methoxy groups -OCH3 is 1. The summed E-state index contributed by atoms with van der Waals surface area (Å²) in [5.74, 6) is 0. The molecule has 17 heavy (non-hydrogen) atoms. The van der Waals surface area contributed by atoms with E-state index < -0.39 is 0 Å². The fourth-order valence-electron chi connectivity index (χ4n) is 2.29. The van der Waals surface area contributed by atoms with Gasteiger partial charge in [0.2, 0.25) is 0 Å². The molecule has 0 aromatic carbocycles. The van der Waals surface area contributed by atoms with Gasteiger partial charge in [-0.2, -0.15) is 0 Å². The molecule has 0 amide bonds. The Balaban J connectivity index is 2.15. The van der Waals surface area contributed by atoms with E-state index in [1.54, 1.807) is 7.11 Å². The Morgan fingerprint density at radius 3 is 2.82 bits per heavy atom. The molecule has 102 valence electrons. The molecule has 0 spiro atoms. The zero-order chi connectivity index (χ0) is 12.6. The van der Waals surface area contributed by atoms with Gasteiger partial charge in [-0.15, -0.1) is 0 Å². The van der Waals surface area contributed by atoms with Gasteiger partial charge >= 0.3 is 0 Å². The third-order valence-electron chi connectivity index (χ3n) is 3.74. The molecular weight excluding hydrogens is 216 g/mol. The van der Waals surface area contributed by atoms with E-state index >= 15 is 0 Å². The summed E-state index contributed by atoms with van der Waals surface area (Å²) in [4.78, 5) is 2.60. The van der Waals surface area contributed by atoms with Crippen molar-refractivity contribution in [2.45, 2.75) is 32.2 Å². The standard InChI is InChI=1S/C13H28N2O2/c1-4-13(2)12-14-6-8-15(13)7-5-9-17-11-10-16-3/h14H,4-12H2,1-3H3. The summed E-state index contributed by atoms with van der Waals surface area (Å²) in [7, 11) is 1.71. The first-order chi connectivity index (χ1) is 8.23. The lowest BCUT2D eigenvalue weighted by molar-refractivity contribution is 0.0413. The van der Waals surface area contributed by atoms with Crippen LogP contribution in [0.2, 0.25) is 0 Å².